The molecule has 1 aliphatic heterocycles. The quantitative estimate of drug-likeness (QED) is 0.883. The van der Waals surface area contributed by atoms with E-state index in [1.807, 2.05) is 6.92 Å². The second-order valence-electron chi connectivity index (χ2n) is 6.39. The van der Waals surface area contributed by atoms with Crippen molar-refractivity contribution < 1.29 is 23.1 Å². The van der Waals surface area contributed by atoms with Gasteiger partial charge in [0.1, 0.15) is 0 Å². The average molecular weight is 362 g/mol. The van der Waals surface area contributed by atoms with E-state index in [2.05, 4.69) is 5.10 Å². The van der Waals surface area contributed by atoms with Crippen LogP contribution in [-0.2, 0) is 0 Å². The van der Waals surface area contributed by atoms with E-state index < -0.39 is 24.2 Å². The zero-order valence-electron chi connectivity index (χ0n) is 14.2. The van der Waals surface area contributed by atoms with Crippen molar-refractivity contribution in [3.05, 3.63) is 70.8 Å². The van der Waals surface area contributed by atoms with E-state index in [0.717, 1.165) is 5.56 Å². The number of hydrogen-bond donors (Lipinski definition) is 1. The van der Waals surface area contributed by atoms with Gasteiger partial charge >= 0.3 is 6.18 Å². The van der Waals surface area contributed by atoms with Crippen LogP contribution >= 0.6 is 0 Å². The summed E-state index contributed by atoms with van der Waals surface area (Å²) in [5.41, 5.74) is -1.27. The number of aryl methyl sites for hydroxylation is 2. The molecule has 0 fully saturated rings. The van der Waals surface area contributed by atoms with Crippen molar-refractivity contribution in [2.75, 3.05) is 0 Å². The van der Waals surface area contributed by atoms with Crippen molar-refractivity contribution in [2.45, 2.75) is 32.2 Å². The van der Waals surface area contributed by atoms with E-state index in [0.29, 0.717) is 11.1 Å². The number of aliphatic hydroxyl groups is 1. The fourth-order valence-corrected chi connectivity index (χ4v) is 2.79. The lowest BCUT2D eigenvalue weighted by atomic mass is 9.99. The molecule has 1 N–H and O–H groups in total. The topological polar surface area (TPSA) is 52.9 Å². The van der Waals surface area contributed by atoms with Gasteiger partial charge in [-0.2, -0.15) is 23.3 Å². The Bertz CT molecular complexity index is 875. The summed E-state index contributed by atoms with van der Waals surface area (Å²) in [5.74, 6) is -1.00. The van der Waals surface area contributed by atoms with Gasteiger partial charge in [0.05, 0.1) is 12.1 Å². The number of hydrogen-bond acceptors (Lipinski definition) is 3. The van der Waals surface area contributed by atoms with Crippen molar-refractivity contribution in [3.63, 3.8) is 0 Å². The first-order valence-corrected chi connectivity index (χ1v) is 7.97. The SMILES string of the molecule is Cc1ccc(C2=NN(C(=O)c3cccc(C)c3)C(O)(C(F)(F)F)C2)cc1. The summed E-state index contributed by atoms with van der Waals surface area (Å²) < 4.78 is 40.8. The minimum atomic E-state index is -5.05. The van der Waals surface area contributed by atoms with E-state index in [-0.39, 0.29) is 16.3 Å². The molecule has 0 bridgehead atoms. The monoisotopic (exact) mass is 362 g/mol. The van der Waals surface area contributed by atoms with Crippen molar-refractivity contribution in [3.8, 4) is 0 Å². The van der Waals surface area contributed by atoms with Crippen LogP contribution in [-0.4, -0.2) is 33.6 Å². The minimum Gasteiger partial charge on any atom is -0.362 e. The Hall–Kier alpha value is -2.67. The van der Waals surface area contributed by atoms with Crippen LogP contribution < -0.4 is 0 Å². The third kappa shape index (κ3) is 3.10. The molecule has 0 aromatic heterocycles. The van der Waals surface area contributed by atoms with Crippen molar-refractivity contribution >= 4 is 11.6 Å². The predicted molar refractivity (Wildman–Crippen MR) is 90.7 cm³/mol. The fourth-order valence-electron chi connectivity index (χ4n) is 2.79. The molecule has 0 spiro atoms. The number of halogens is 3. The normalized spacial score (nSPS) is 20.2. The summed E-state index contributed by atoms with van der Waals surface area (Å²) in [6.07, 6.45) is -5.88. The van der Waals surface area contributed by atoms with E-state index >= 15 is 0 Å². The number of nitrogens with zero attached hydrogens (tertiary/aromatic N) is 2. The van der Waals surface area contributed by atoms with Gasteiger partial charge in [-0.05, 0) is 31.5 Å². The Labute approximate surface area is 148 Å². The Morgan fingerprint density at radius 2 is 1.77 bits per heavy atom. The van der Waals surface area contributed by atoms with Crippen LogP contribution in [0.15, 0.2) is 53.6 Å². The van der Waals surface area contributed by atoms with E-state index in [4.69, 9.17) is 0 Å². The molecule has 0 radical (unpaired) electrons. The second-order valence-corrected chi connectivity index (χ2v) is 6.39. The number of hydrazone groups is 1. The number of amides is 1. The predicted octanol–water partition coefficient (Wildman–Crippen LogP) is 3.80. The molecule has 2 aromatic carbocycles. The van der Waals surface area contributed by atoms with Gasteiger partial charge in [0, 0.05) is 5.56 Å². The summed E-state index contributed by atoms with van der Waals surface area (Å²) in [5, 5.41) is 14.3. The highest BCUT2D eigenvalue weighted by Crippen LogP contribution is 2.42. The number of carbonyl (C=O) groups excluding carboxylic acids is 1. The molecule has 0 saturated heterocycles. The maximum atomic E-state index is 13.6. The Morgan fingerprint density at radius 3 is 2.35 bits per heavy atom. The molecule has 1 heterocycles. The van der Waals surface area contributed by atoms with Crippen LogP contribution in [0.1, 0.15) is 33.5 Å². The molecular formula is C19H17F3N2O2. The summed E-state index contributed by atoms with van der Waals surface area (Å²) >= 11 is 0. The van der Waals surface area contributed by atoms with Crippen LogP contribution in [0.5, 0.6) is 0 Å². The zero-order chi connectivity index (χ0) is 19.1. The second kappa shape index (κ2) is 6.25. The summed E-state index contributed by atoms with van der Waals surface area (Å²) in [6.45, 7) is 3.57. The van der Waals surface area contributed by atoms with Crippen LogP contribution in [0, 0.1) is 13.8 Å². The number of rotatable bonds is 2. The lowest BCUT2D eigenvalue weighted by Gasteiger charge is -2.32. The van der Waals surface area contributed by atoms with E-state index in [1.54, 1.807) is 43.3 Å². The number of carbonyl (C=O) groups is 1. The van der Waals surface area contributed by atoms with Gasteiger partial charge < -0.3 is 5.11 Å². The minimum absolute atomic E-state index is 0.00540. The molecule has 0 aliphatic carbocycles. The van der Waals surface area contributed by atoms with Gasteiger partial charge in [-0.15, -0.1) is 0 Å². The highest BCUT2D eigenvalue weighted by atomic mass is 19.4. The third-order valence-electron chi connectivity index (χ3n) is 4.28. The summed E-state index contributed by atoms with van der Waals surface area (Å²) in [4.78, 5) is 12.7. The first-order chi connectivity index (χ1) is 12.1. The molecule has 2 aromatic rings. The lowest BCUT2D eigenvalue weighted by molar-refractivity contribution is -0.297. The Balaban J connectivity index is 2.05. The van der Waals surface area contributed by atoms with Gasteiger partial charge in [-0.1, -0.05) is 47.5 Å². The maximum absolute atomic E-state index is 13.6. The number of benzene rings is 2. The Kier molecular flexibility index (Phi) is 4.36. The largest absolute Gasteiger partial charge is 0.438 e. The molecule has 1 aliphatic rings. The van der Waals surface area contributed by atoms with Crippen LogP contribution in [0.4, 0.5) is 13.2 Å². The van der Waals surface area contributed by atoms with Crippen LogP contribution in [0.3, 0.4) is 0 Å². The molecule has 4 nitrogen and oxygen atoms in total. The Morgan fingerprint density at radius 1 is 1.12 bits per heavy atom. The van der Waals surface area contributed by atoms with Gasteiger partial charge in [-0.25, -0.2) is 0 Å². The first kappa shape index (κ1) is 18.1. The smallest absolute Gasteiger partial charge is 0.362 e. The lowest BCUT2D eigenvalue weighted by Crippen LogP contribution is -2.56. The molecule has 26 heavy (non-hydrogen) atoms. The first-order valence-electron chi connectivity index (χ1n) is 7.97. The summed E-state index contributed by atoms with van der Waals surface area (Å²) in [6, 6.07) is 12.8. The molecule has 3 rings (SSSR count). The molecule has 136 valence electrons. The molecule has 0 saturated carbocycles. The number of alkyl halides is 3. The average Bonchev–Trinajstić information content (AvgIpc) is 2.94. The van der Waals surface area contributed by atoms with Gasteiger partial charge in [0.2, 0.25) is 0 Å². The standard InChI is InChI=1S/C19H17F3N2O2/c1-12-6-8-14(9-7-12)16-11-18(26,19(20,21)22)24(23-16)17(25)15-5-3-4-13(2)10-15/h3-10,26H,11H2,1-2H3. The van der Waals surface area contributed by atoms with Crippen molar-refractivity contribution in [1.82, 2.24) is 5.01 Å². The summed E-state index contributed by atoms with van der Waals surface area (Å²) in [7, 11) is 0. The van der Waals surface area contributed by atoms with E-state index in [9.17, 15) is 23.1 Å². The van der Waals surface area contributed by atoms with E-state index in [1.165, 1.54) is 12.1 Å². The fraction of sp³-hybridized carbons (Fsp3) is 0.263. The molecule has 1 amide bonds. The van der Waals surface area contributed by atoms with Gasteiger partial charge in [0.15, 0.2) is 0 Å². The van der Waals surface area contributed by atoms with Gasteiger partial charge in [0.25, 0.3) is 11.6 Å². The van der Waals surface area contributed by atoms with Crippen molar-refractivity contribution in [2.24, 2.45) is 5.10 Å². The van der Waals surface area contributed by atoms with Gasteiger partial charge in [-0.3, -0.25) is 4.79 Å². The molecule has 1 unspecified atom stereocenters. The van der Waals surface area contributed by atoms with Crippen LogP contribution in [0.2, 0.25) is 0 Å². The molecule has 7 heteroatoms. The highest BCUT2D eigenvalue weighted by Gasteiger charge is 2.63. The molecule has 1 atom stereocenters. The van der Waals surface area contributed by atoms with Crippen LogP contribution in [0.25, 0.3) is 0 Å². The third-order valence-corrected chi connectivity index (χ3v) is 4.28. The maximum Gasteiger partial charge on any atom is 0.438 e. The zero-order valence-corrected chi connectivity index (χ0v) is 14.2. The highest BCUT2D eigenvalue weighted by molar-refractivity contribution is 6.05. The molecular weight excluding hydrogens is 345 g/mol. The van der Waals surface area contributed by atoms with Crippen molar-refractivity contribution in [1.29, 1.82) is 0 Å².